The maximum absolute atomic E-state index is 11.6. The minimum absolute atomic E-state index is 0.197. The van der Waals surface area contributed by atoms with E-state index in [1.807, 2.05) is 6.07 Å². The number of nitrogens with zero attached hydrogens (tertiary/aromatic N) is 1. The number of carboxylic acid groups (broad SMARTS) is 1. The number of carbonyl (C=O) groups excluding carboxylic acids is 1. The zero-order valence-corrected chi connectivity index (χ0v) is 11.1. The standard InChI is InChI=1S/C12H12ClN3O3/c1-12(2,10(17)18)16-11(19)15-9-4-3-7(6-14)5-8(9)13/h3-5H,1-2H3,(H,17,18)(H2,15,16,19). The van der Waals surface area contributed by atoms with Gasteiger partial charge < -0.3 is 15.7 Å². The summed E-state index contributed by atoms with van der Waals surface area (Å²) in [4.78, 5) is 22.5. The van der Waals surface area contributed by atoms with Crippen LogP contribution in [-0.2, 0) is 4.79 Å². The number of carbonyl (C=O) groups is 2. The first-order valence-corrected chi connectivity index (χ1v) is 5.66. The van der Waals surface area contributed by atoms with Gasteiger partial charge in [0.05, 0.1) is 22.3 Å². The highest BCUT2D eigenvalue weighted by Gasteiger charge is 2.29. The predicted molar refractivity (Wildman–Crippen MR) is 70.0 cm³/mol. The molecule has 0 aliphatic carbocycles. The minimum Gasteiger partial charge on any atom is -0.480 e. The zero-order chi connectivity index (χ0) is 14.6. The van der Waals surface area contributed by atoms with Gasteiger partial charge in [0.1, 0.15) is 5.54 Å². The Morgan fingerprint density at radius 3 is 2.53 bits per heavy atom. The van der Waals surface area contributed by atoms with Crippen molar-refractivity contribution < 1.29 is 14.7 Å². The lowest BCUT2D eigenvalue weighted by Gasteiger charge is -2.21. The molecular formula is C12H12ClN3O3. The summed E-state index contributed by atoms with van der Waals surface area (Å²) in [5.41, 5.74) is -0.746. The Morgan fingerprint density at radius 1 is 1.42 bits per heavy atom. The number of anilines is 1. The Hall–Kier alpha value is -2.26. The third-order valence-corrected chi connectivity index (χ3v) is 2.62. The van der Waals surface area contributed by atoms with Crippen LogP contribution in [0.15, 0.2) is 18.2 Å². The first-order valence-electron chi connectivity index (χ1n) is 5.28. The molecule has 0 bridgehead atoms. The van der Waals surface area contributed by atoms with Gasteiger partial charge in [-0.2, -0.15) is 5.26 Å². The first kappa shape index (κ1) is 14.8. The Labute approximate surface area is 115 Å². The van der Waals surface area contributed by atoms with Crippen molar-refractivity contribution in [2.45, 2.75) is 19.4 Å². The Kier molecular flexibility index (Phi) is 4.35. The van der Waals surface area contributed by atoms with E-state index >= 15 is 0 Å². The van der Waals surface area contributed by atoms with Crippen molar-refractivity contribution in [3.05, 3.63) is 28.8 Å². The second kappa shape index (κ2) is 5.59. The quantitative estimate of drug-likeness (QED) is 0.790. The molecule has 1 rings (SSSR count). The molecule has 0 saturated heterocycles. The van der Waals surface area contributed by atoms with Crippen LogP contribution >= 0.6 is 11.6 Å². The van der Waals surface area contributed by atoms with Gasteiger partial charge in [0.25, 0.3) is 0 Å². The number of carboxylic acids is 1. The molecule has 2 amide bonds. The summed E-state index contributed by atoms with van der Waals surface area (Å²) in [6.07, 6.45) is 0. The Bertz CT molecular complexity index is 564. The molecule has 0 unspecified atom stereocenters. The van der Waals surface area contributed by atoms with E-state index in [0.29, 0.717) is 11.3 Å². The molecule has 0 aliphatic heterocycles. The molecule has 0 aromatic heterocycles. The van der Waals surface area contributed by atoms with Crippen LogP contribution in [0.1, 0.15) is 19.4 Å². The number of hydrogen-bond acceptors (Lipinski definition) is 3. The molecule has 0 radical (unpaired) electrons. The number of hydrogen-bond donors (Lipinski definition) is 3. The Morgan fingerprint density at radius 2 is 2.05 bits per heavy atom. The highest BCUT2D eigenvalue weighted by Crippen LogP contribution is 2.22. The van der Waals surface area contributed by atoms with Crippen LogP contribution in [0, 0.1) is 11.3 Å². The molecule has 19 heavy (non-hydrogen) atoms. The van der Waals surface area contributed by atoms with Crippen LogP contribution in [-0.4, -0.2) is 22.6 Å². The fourth-order valence-corrected chi connectivity index (χ4v) is 1.40. The second-order valence-electron chi connectivity index (χ2n) is 4.32. The van der Waals surface area contributed by atoms with Crippen LogP contribution in [0.25, 0.3) is 0 Å². The van der Waals surface area contributed by atoms with E-state index < -0.39 is 17.5 Å². The summed E-state index contributed by atoms with van der Waals surface area (Å²) in [7, 11) is 0. The van der Waals surface area contributed by atoms with Crippen LogP contribution in [0.5, 0.6) is 0 Å². The highest BCUT2D eigenvalue weighted by molar-refractivity contribution is 6.33. The van der Waals surface area contributed by atoms with Gasteiger partial charge in [-0.15, -0.1) is 0 Å². The molecule has 0 aliphatic rings. The zero-order valence-electron chi connectivity index (χ0n) is 10.3. The van der Waals surface area contributed by atoms with Gasteiger partial charge in [0, 0.05) is 0 Å². The van der Waals surface area contributed by atoms with Gasteiger partial charge in [-0.05, 0) is 32.0 Å². The second-order valence-corrected chi connectivity index (χ2v) is 4.72. The van der Waals surface area contributed by atoms with E-state index in [1.54, 1.807) is 0 Å². The fraction of sp³-hybridized carbons (Fsp3) is 0.250. The molecule has 7 heteroatoms. The van der Waals surface area contributed by atoms with E-state index in [-0.39, 0.29) is 5.02 Å². The average Bonchev–Trinajstić information content (AvgIpc) is 2.30. The van der Waals surface area contributed by atoms with Gasteiger partial charge in [0.2, 0.25) is 0 Å². The van der Waals surface area contributed by atoms with E-state index in [0.717, 1.165) is 0 Å². The summed E-state index contributed by atoms with van der Waals surface area (Å²) in [5.74, 6) is -1.16. The van der Waals surface area contributed by atoms with Gasteiger partial charge >= 0.3 is 12.0 Å². The van der Waals surface area contributed by atoms with Crippen molar-refractivity contribution in [2.24, 2.45) is 0 Å². The Balaban J connectivity index is 2.79. The normalized spacial score (nSPS) is 10.4. The summed E-state index contributed by atoms with van der Waals surface area (Å²) < 4.78 is 0. The summed E-state index contributed by atoms with van der Waals surface area (Å²) in [5, 5.41) is 22.5. The largest absolute Gasteiger partial charge is 0.480 e. The van der Waals surface area contributed by atoms with E-state index in [2.05, 4.69) is 10.6 Å². The number of halogens is 1. The monoisotopic (exact) mass is 281 g/mol. The number of nitrogens with one attached hydrogen (secondary N) is 2. The number of rotatable bonds is 3. The lowest BCUT2D eigenvalue weighted by Crippen LogP contribution is -2.51. The molecule has 100 valence electrons. The number of nitriles is 1. The average molecular weight is 282 g/mol. The SMILES string of the molecule is CC(C)(NC(=O)Nc1ccc(C#N)cc1Cl)C(=O)O. The van der Waals surface area contributed by atoms with Crippen molar-refractivity contribution in [3.8, 4) is 6.07 Å². The maximum Gasteiger partial charge on any atom is 0.328 e. The topological polar surface area (TPSA) is 102 Å². The molecule has 0 heterocycles. The molecular weight excluding hydrogens is 270 g/mol. The maximum atomic E-state index is 11.6. The number of urea groups is 1. The van der Waals surface area contributed by atoms with Crippen molar-refractivity contribution in [1.82, 2.24) is 5.32 Å². The van der Waals surface area contributed by atoms with Gasteiger partial charge in [-0.3, -0.25) is 0 Å². The lowest BCUT2D eigenvalue weighted by molar-refractivity contribution is -0.142. The van der Waals surface area contributed by atoms with Gasteiger partial charge in [0.15, 0.2) is 0 Å². The van der Waals surface area contributed by atoms with Crippen molar-refractivity contribution >= 4 is 29.3 Å². The molecule has 3 N–H and O–H groups in total. The van der Waals surface area contributed by atoms with Crippen LogP contribution in [0.3, 0.4) is 0 Å². The third kappa shape index (κ3) is 3.86. The van der Waals surface area contributed by atoms with E-state index in [9.17, 15) is 9.59 Å². The van der Waals surface area contributed by atoms with E-state index in [4.69, 9.17) is 22.0 Å². The summed E-state index contributed by atoms with van der Waals surface area (Å²) >= 11 is 5.88. The predicted octanol–water partition coefficient (Wildman–Crippen LogP) is 2.20. The fourth-order valence-electron chi connectivity index (χ4n) is 1.18. The molecule has 1 aromatic carbocycles. The lowest BCUT2D eigenvalue weighted by atomic mass is 10.1. The van der Waals surface area contributed by atoms with Crippen LogP contribution < -0.4 is 10.6 Å². The third-order valence-electron chi connectivity index (χ3n) is 2.31. The number of aliphatic carboxylic acids is 1. The summed E-state index contributed by atoms with van der Waals surface area (Å²) in [6.45, 7) is 2.71. The highest BCUT2D eigenvalue weighted by atomic mass is 35.5. The van der Waals surface area contributed by atoms with Crippen molar-refractivity contribution in [1.29, 1.82) is 5.26 Å². The smallest absolute Gasteiger partial charge is 0.328 e. The number of amides is 2. The number of benzene rings is 1. The van der Waals surface area contributed by atoms with Gasteiger partial charge in [-0.1, -0.05) is 11.6 Å². The molecule has 0 atom stereocenters. The minimum atomic E-state index is -1.40. The molecule has 6 nitrogen and oxygen atoms in total. The molecule has 0 spiro atoms. The van der Waals surface area contributed by atoms with E-state index in [1.165, 1.54) is 32.0 Å². The summed E-state index contributed by atoms with van der Waals surface area (Å²) in [6, 6.07) is 5.57. The molecule has 0 saturated carbocycles. The molecule has 0 fully saturated rings. The van der Waals surface area contributed by atoms with Gasteiger partial charge in [-0.25, -0.2) is 9.59 Å². The van der Waals surface area contributed by atoms with Crippen LogP contribution in [0.2, 0.25) is 5.02 Å². The molecule has 1 aromatic rings. The van der Waals surface area contributed by atoms with Crippen LogP contribution in [0.4, 0.5) is 10.5 Å². The first-order chi connectivity index (χ1) is 8.76. The van der Waals surface area contributed by atoms with Crippen molar-refractivity contribution in [3.63, 3.8) is 0 Å². The van der Waals surface area contributed by atoms with Crippen molar-refractivity contribution in [2.75, 3.05) is 5.32 Å².